The SMILES string of the molecule is C[Si](C)OC(C1CC(OS(C)(=O)=O)CN1C(=O)O)C(C)(C)C. The second kappa shape index (κ2) is 6.86. The zero-order chi connectivity index (χ0) is 17.3. The Morgan fingerprint density at radius 3 is 2.27 bits per heavy atom. The molecular formula is C13H26NO6SSi. The first-order valence-electron chi connectivity index (χ1n) is 7.16. The Morgan fingerprint density at radius 1 is 1.36 bits per heavy atom. The summed E-state index contributed by atoms with van der Waals surface area (Å²) in [4.78, 5) is 12.8. The van der Waals surface area contributed by atoms with Gasteiger partial charge in [0.05, 0.1) is 31.1 Å². The van der Waals surface area contributed by atoms with Gasteiger partial charge < -0.3 is 14.4 Å². The molecule has 1 aliphatic rings. The predicted molar refractivity (Wildman–Crippen MR) is 84.7 cm³/mol. The first kappa shape index (κ1) is 19.4. The molecule has 9 heteroatoms. The first-order valence-corrected chi connectivity index (χ1v) is 11.4. The average Bonchev–Trinajstić information content (AvgIpc) is 2.65. The van der Waals surface area contributed by atoms with Crippen LogP contribution in [0, 0.1) is 5.41 Å². The van der Waals surface area contributed by atoms with Gasteiger partial charge in [-0.3, -0.25) is 4.18 Å². The maximum Gasteiger partial charge on any atom is 0.407 e. The van der Waals surface area contributed by atoms with Gasteiger partial charge in [-0.25, -0.2) is 4.79 Å². The number of carboxylic acid groups (broad SMARTS) is 1. The fourth-order valence-corrected chi connectivity index (χ4v) is 4.39. The lowest BCUT2D eigenvalue weighted by Crippen LogP contribution is -2.50. The number of hydrogen-bond donors (Lipinski definition) is 1. The molecule has 0 aromatic heterocycles. The highest BCUT2D eigenvalue weighted by Crippen LogP contribution is 2.34. The Balaban J connectivity index is 3.03. The largest absolute Gasteiger partial charge is 0.465 e. The van der Waals surface area contributed by atoms with E-state index >= 15 is 0 Å². The van der Waals surface area contributed by atoms with Crippen molar-refractivity contribution in [3.05, 3.63) is 0 Å². The Morgan fingerprint density at radius 2 is 1.91 bits per heavy atom. The van der Waals surface area contributed by atoms with Crippen LogP contribution in [0.1, 0.15) is 27.2 Å². The third-order valence-corrected chi connectivity index (χ3v) is 4.77. The van der Waals surface area contributed by atoms with Crippen molar-refractivity contribution >= 4 is 25.3 Å². The Labute approximate surface area is 134 Å². The fraction of sp³-hybridized carbons (Fsp3) is 0.923. The molecule has 1 rings (SSSR count). The van der Waals surface area contributed by atoms with Gasteiger partial charge in [0.1, 0.15) is 0 Å². The smallest absolute Gasteiger partial charge is 0.407 e. The van der Waals surface area contributed by atoms with Crippen molar-refractivity contribution < 1.29 is 26.9 Å². The van der Waals surface area contributed by atoms with E-state index in [2.05, 4.69) is 0 Å². The second-order valence-corrected chi connectivity index (χ2v) is 10.6. The van der Waals surface area contributed by atoms with Crippen LogP contribution in [-0.4, -0.2) is 64.6 Å². The van der Waals surface area contributed by atoms with E-state index in [1.54, 1.807) is 0 Å². The lowest BCUT2D eigenvalue weighted by atomic mass is 9.83. The number of amides is 1. The van der Waals surface area contributed by atoms with Gasteiger partial charge in [0.25, 0.3) is 10.1 Å². The molecule has 3 unspecified atom stereocenters. The molecule has 0 aliphatic carbocycles. The normalized spacial score (nSPS) is 24.8. The summed E-state index contributed by atoms with van der Waals surface area (Å²) >= 11 is 0. The highest BCUT2D eigenvalue weighted by molar-refractivity contribution is 7.86. The van der Waals surface area contributed by atoms with Crippen LogP contribution in [0.15, 0.2) is 0 Å². The Bertz CT molecular complexity index is 501. The average molecular weight is 353 g/mol. The minimum atomic E-state index is -3.62. The lowest BCUT2D eigenvalue weighted by molar-refractivity contribution is 0.0166. The molecule has 1 aliphatic heterocycles. The quantitative estimate of drug-likeness (QED) is 0.599. The standard InChI is InChI=1S/C13H26NO6SSi/c1-13(2,3)11(20-22(5)6)10-7-9(19-21(4,17)18)8-14(10)12(15)16/h9-11H,7-8H2,1-6H3,(H,15,16). The highest BCUT2D eigenvalue weighted by Gasteiger charge is 2.46. The van der Waals surface area contributed by atoms with Crippen molar-refractivity contribution in [3.63, 3.8) is 0 Å². The molecule has 3 atom stereocenters. The van der Waals surface area contributed by atoms with Gasteiger partial charge in [-0.1, -0.05) is 20.8 Å². The Hall–Kier alpha value is -0.643. The van der Waals surface area contributed by atoms with Crippen molar-refractivity contribution in [1.82, 2.24) is 4.90 Å². The van der Waals surface area contributed by atoms with E-state index in [0.29, 0.717) is 6.42 Å². The molecule has 1 fully saturated rings. The summed E-state index contributed by atoms with van der Waals surface area (Å²) in [6.45, 7) is 10.0. The van der Waals surface area contributed by atoms with Crippen LogP contribution in [0.25, 0.3) is 0 Å². The van der Waals surface area contributed by atoms with Crippen molar-refractivity contribution in [2.45, 2.75) is 58.5 Å². The molecular weight excluding hydrogens is 326 g/mol. The van der Waals surface area contributed by atoms with Crippen LogP contribution < -0.4 is 0 Å². The summed E-state index contributed by atoms with van der Waals surface area (Å²) in [6.07, 6.45) is -0.753. The van der Waals surface area contributed by atoms with E-state index < -0.39 is 37.4 Å². The molecule has 0 aromatic rings. The van der Waals surface area contributed by atoms with E-state index in [0.717, 1.165) is 6.26 Å². The molecule has 129 valence electrons. The lowest BCUT2D eigenvalue weighted by Gasteiger charge is -2.39. The van der Waals surface area contributed by atoms with Crippen LogP contribution >= 0.6 is 0 Å². The molecule has 1 heterocycles. The van der Waals surface area contributed by atoms with E-state index in [4.69, 9.17) is 8.61 Å². The van der Waals surface area contributed by atoms with Crippen LogP contribution in [0.4, 0.5) is 4.79 Å². The van der Waals surface area contributed by atoms with Gasteiger partial charge >= 0.3 is 6.09 Å². The topological polar surface area (TPSA) is 93.1 Å². The van der Waals surface area contributed by atoms with Crippen LogP contribution in [0.3, 0.4) is 0 Å². The monoisotopic (exact) mass is 352 g/mol. The molecule has 1 radical (unpaired) electrons. The van der Waals surface area contributed by atoms with Crippen molar-refractivity contribution in [1.29, 1.82) is 0 Å². The first-order chi connectivity index (χ1) is 9.81. The van der Waals surface area contributed by atoms with E-state index in [9.17, 15) is 18.3 Å². The molecule has 22 heavy (non-hydrogen) atoms. The predicted octanol–water partition coefficient (Wildman–Crippen LogP) is 1.77. The highest BCUT2D eigenvalue weighted by atomic mass is 32.2. The van der Waals surface area contributed by atoms with Crippen molar-refractivity contribution in [3.8, 4) is 0 Å². The van der Waals surface area contributed by atoms with E-state index in [1.165, 1.54) is 4.90 Å². The molecule has 1 N–H and O–H groups in total. The summed E-state index contributed by atoms with van der Waals surface area (Å²) < 4.78 is 33.6. The van der Waals surface area contributed by atoms with Gasteiger partial charge in [0, 0.05) is 0 Å². The number of hydrogen-bond acceptors (Lipinski definition) is 5. The van der Waals surface area contributed by atoms with Crippen LogP contribution in [-0.2, 0) is 18.7 Å². The zero-order valence-corrected chi connectivity index (χ0v) is 15.8. The molecule has 1 saturated heterocycles. The molecule has 0 spiro atoms. The maximum atomic E-state index is 11.5. The third kappa shape index (κ3) is 5.53. The summed E-state index contributed by atoms with van der Waals surface area (Å²) in [7, 11) is -4.65. The van der Waals surface area contributed by atoms with Gasteiger partial charge in [0.15, 0.2) is 0 Å². The van der Waals surface area contributed by atoms with Gasteiger partial charge in [-0.15, -0.1) is 0 Å². The summed E-state index contributed by atoms with van der Waals surface area (Å²) in [5.74, 6) is 0. The van der Waals surface area contributed by atoms with Gasteiger partial charge in [-0.05, 0) is 24.9 Å². The van der Waals surface area contributed by atoms with Crippen LogP contribution in [0.2, 0.25) is 13.1 Å². The minimum absolute atomic E-state index is 0.0402. The molecule has 1 amide bonds. The van der Waals surface area contributed by atoms with Gasteiger partial charge in [-0.2, -0.15) is 8.42 Å². The number of rotatable bonds is 5. The summed E-state index contributed by atoms with van der Waals surface area (Å²) in [6, 6.07) is -0.413. The van der Waals surface area contributed by atoms with Crippen molar-refractivity contribution in [2.75, 3.05) is 12.8 Å². The summed E-state index contributed by atoms with van der Waals surface area (Å²) in [5, 5.41) is 9.42. The third-order valence-electron chi connectivity index (χ3n) is 3.43. The van der Waals surface area contributed by atoms with Gasteiger partial charge in [0.2, 0.25) is 9.04 Å². The maximum absolute atomic E-state index is 11.5. The zero-order valence-electron chi connectivity index (χ0n) is 14.0. The number of nitrogens with zero attached hydrogens (tertiary/aromatic N) is 1. The Kier molecular flexibility index (Phi) is 6.05. The fourth-order valence-electron chi connectivity index (χ4n) is 2.74. The van der Waals surface area contributed by atoms with E-state index in [1.807, 2.05) is 33.9 Å². The van der Waals surface area contributed by atoms with Crippen LogP contribution in [0.5, 0.6) is 0 Å². The molecule has 0 saturated carbocycles. The summed E-state index contributed by atoms with van der Waals surface area (Å²) in [5.41, 5.74) is -0.264. The number of carbonyl (C=O) groups is 1. The molecule has 0 aromatic carbocycles. The molecule has 7 nitrogen and oxygen atoms in total. The minimum Gasteiger partial charge on any atom is -0.465 e. The number of likely N-dealkylation sites (tertiary alicyclic amines) is 1. The van der Waals surface area contributed by atoms with E-state index in [-0.39, 0.29) is 18.1 Å². The second-order valence-electron chi connectivity index (χ2n) is 6.97. The molecule has 0 bridgehead atoms. The van der Waals surface area contributed by atoms with Crippen molar-refractivity contribution in [2.24, 2.45) is 5.41 Å².